The first kappa shape index (κ1) is 20.8. The van der Waals surface area contributed by atoms with Crippen LogP contribution >= 0.6 is 34.4 Å². The second-order valence-electron chi connectivity index (χ2n) is 6.86. The average molecular weight is 456 g/mol. The van der Waals surface area contributed by atoms with Gasteiger partial charge in [-0.05, 0) is 43.7 Å². The molecule has 1 amide bonds. The molecule has 2 heterocycles. The summed E-state index contributed by atoms with van der Waals surface area (Å²) >= 11 is 4.48. The van der Waals surface area contributed by atoms with Gasteiger partial charge < -0.3 is 10.2 Å². The summed E-state index contributed by atoms with van der Waals surface area (Å²) in [5.74, 6) is 0.348. The molecule has 0 bridgehead atoms. The van der Waals surface area contributed by atoms with Gasteiger partial charge in [0, 0.05) is 12.7 Å². The van der Waals surface area contributed by atoms with E-state index in [-0.39, 0.29) is 11.9 Å². The van der Waals surface area contributed by atoms with Gasteiger partial charge in [0.25, 0.3) is 0 Å². The number of amides is 1. The average Bonchev–Trinajstić information content (AvgIpc) is 3.37. The smallest absolute Gasteiger partial charge is 0.233 e. The van der Waals surface area contributed by atoms with E-state index in [1.807, 2.05) is 57.3 Å². The molecule has 6 nitrogen and oxygen atoms in total. The maximum atomic E-state index is 12.7. The third-order valence-electron chi connectivity index (χ3n) is 4.64. The fraction of sp³-hybridized carbons (Fsp3) is 0.238. The molecule has 4 aromatic rings. The number of nitrogens with zero attached hydrogens (tertiary/aromatic N) is 4. The molecule has 0 aliphatic rings. The molecular weight excluding hydrogens is 434 g/mol. The molecule has 0 spiro atoms. The van der Waals surface area contributed by atoms with Crippen molar-refractivity contribution >= 4 is 61.4 Å². The Bertz CT molecular complexity index is 1140. The van der Waals surface area contributed by atoms with Gasteiger partial charge in [-0.15, -0.1) is 21.5 Å². The summed E-state index contributed by atoms with van der Waals surface area (Å²) in [5, 5.41) is 13.3. The first-order chi connectivity index (χ1) is 14.5. The van der Waals surface area contributed by atoms with Crippen LogP contribution in [0.15, 0.2) is 52.9 Å². The first-order valence-electron chi connectivity index (χ1n) is 9.41. The number of hydrogen-bond acceptors (Lipinski definition) is 8. The van der Waals surface area contributed by atoms with Gasteiger partial charge in [0.1, 0.15) is 5.01 Å². The number of aryl methyl sites for hydroxylation is 1. The summed E-state index contributed by atoms with van der Waals surface area (Å²) in [5.41, 5.74) is 3.13. The summed E-state index contributed by atoms with van der Waals surface area (Å²) in [6, 6.07) is 16.0. The van der Waals surface area contributed by atoms with Crippen LogP contribution in [0.4, 0.5) is 10.8 Å². The number of thiazole rings is 1. The standard InChI is InChI=1S/C21H21N5OS3/c1-13-7-6-8-15(11-13)22-20-24-25-21(30-20)28-12-18(27)26(3)14(2)19-23-16-9-4-5-10-17(16)29-19/h4-11,14H,12H2,1-3H3,(H,22,24)/t14-/m1/s1. The summed E-state index contributed by atoms with van der Waals surface area (Å²) in [4.78, 5) is 19.1. The minimum absolute atomic E-state index is 0.0372. The van der Waals surface area contributed by atoms with Gasteiger partial charge in [-0.25, -0.2) is 4.98 Å². The van der Waals surface area contributed by atoms with Crippen molar-refractivity contribution in [2.45, 2.75) is 24.2 Å². The van der Waals surface area contributed by atoms with Crippen LogP contribution in [0.3, 0.4) is 0 Å². The van der Waals surface area contributed by atoms with Crippen LogP contribution in [-0.2, 0) is 4.79 Å². The maximum absolute atomic E-state index is 12.7. The molecule has 2 aromatic carbocycles. The third-order valence-corrected chi connectivity index (χ3v) is 7.80. The molecule has 9 heteroatoms. The van der Waals surface area contributed by atoms with Crippen molar-refractivity contribution in [1.82, 2.24) is 20.1 Å². The van der Waals surface area contributed by atoms with Gasteiger partial charge >= 0.3 is 0 Å². The summed E-state index contributed by atoms with van der Waals surface area (Å²) < 4.78 is 1.90. The number of aromatic nitrogens is 3. The zero-order valence-corrected chi connectivity index (χ0v) is 19.3. The summed E-state index contributed by atoms with van der Waals surface area (Å²) in [7, 11) is 1.82. The zero-order chi connectivity index (χ0) is 21.1. The monoisotopic (exact) mass is 455 g/mol. The molecule has 0 aliphatic heterocycles. The van der Waals surface area contributed by atoms with Crippen molar-refractivity contribution < 1.29 is 4.79 Å². The van der Waals surface area contributed by atoms with Crippen LogP contribution < -0.4 is 5.32 Å². The van der Waals surface area contributed by atoms with E-state index in [0.29, 0.717) is 10.9 Å². The van der Waals surface area contributed by atoms with Crippen molar-refractivity contribution in [1.29, 1.82) is 0 Å². The number of thioether (sulfide) groups is 1. The molecule has 0 unspecified atom stereocenters. The van der Waals surface area contributed by atoms with E-state index in [2.05, 4.69) is 32.6 Å². The number of para-hydroxylation sites is 1. The van der Waals surface area contributed by atoms with E-state index in [1.54, 1.807) is 16.2 Å². The largest absolute Gasteiger partial charge is 0.336 e. The van der Waals surface area contributed by atoms with Crippen LogP contribution in [0.5, 0.6) is 0 Å². The highest BCUT2D eigenvalue weighted by Crippen LogP contribution is 2.31. The lowest BCUT2D eigenvalue weighted by atomic mass is 10.2. The van der Waals surface area contributed by atoms with E-state index in [9.17, 15) is 4.79 Å². The molecule has 4 rings (SSSR count). The number of carbonyl (C=O) groups is 1. The Balaban J connectivity index is 1.34. The Morgan fingerprint density at radius 3 is 2.80 bits per heavy atom. The van der Waals surface area contributed by atoms with Crippen LogP contribution in [0.25, 0.3) is 10.2 Å². The summed E-state index contributed by atoms with van der Waals surface area (Å²) in [6.45, 7) is 4.05. The zero-order valence-electron chi connectivity index (χ0n) is 16.8. The Kier molecular flexibility index (Phi) is 6.31. The Morgan fingerprint density at radius 1 is 1.17 bits per heavy atom. The Morgan fingerprint density at radius 2 is 2.00 bits per heavy atom. The number of carbonyl (C=O) groups excluding carboxylic acids is 1. The number of hydrogen-bond donors (Lipinski definition) is 1. The highest BCUT2D eigenvalue weighted by Gasteiger charge is 2.21. The predicted molar refractivity (Wildman–Crippen MR) is 126 cm³/mol. The fourth-order valence-electron chi connectivity index (χ4n) is 2.84. The topological polar surface area (TPSA) is 71.0 Å². The van der Waals surface area contributed by atoms with E-state index in [1.165, 1.54) is 28.7 Å². The number of benzene rings is 2. The number of anilines is 2. The maximum Gasteiger partial charge on any atom is 0.233 e. The van der Waals surface area contributed by atoms with E-state index in [4.69, 9.17) is 0 Å². The molecule has 0 saturated carbocycles. The number of nitrogens with one attached hydrogen (secondary N) is 1. The molecule has 0 saturated heterocycles. The van der Waals surface area contributed by atoms with Crippen molar-refractivity contribution in [2.24, 2.45) is 0 Å². The lowest BCUT2D eigenvalue weighted by Crippen LogP contribution is -2.31. The molecule has 154 valence electrons. The van der Waals surface area contributed by atoms with Gasteiger partial charge in [0.2, 0.25) is 11.0 Å². The predicted octanol–water partition coefficient (Wildman–Crippen LogP) is 5.51. The van der Waals surface area contributed by atoms with Crippen molar-refractivity contribution in [3.05, 3.63) is 59.1 Å². The van der Waals surface area contributed by atoms with Crippen molar-refractivity contribution in [3.8, 4) is 0 Å². The molecular formula is C21H21N5OS3. The highest BCUT2D eigenvalue weighted by molar-refractivity contribution is 8.01. The highest BCUT2D eigenvalue weighted by atomic mass is 32.2. The lowest BCUT2D eigenvalue weighted by molar-refractivity contribution is -0.128. The second kappa shape index (κ2) is 9.11. The quantitative estimate of drug-likeness (QED) is 0.371. The number of fused-ring (bicyclic) bond motifs is 1. The minimum Gasteiger partial charge on any atom is -0.336 e. The molecule has 1 atom stereocenters. The first-order valence-corrected chi connectivity index (χ1v) is 12.0. The lowest BCUT2D eigenvalue weighted by Gasteiger charge is -2.22. The summed E-state index contributed by atoms with van der Waals surface area (Å²) in [6.07, 6.45) is 0. The van der Waals surface area contributed by atoms with Crippen molar-refractivity contribution in [2.75, 3.05) is 18.1 Å². The van der Waals surface area contributed by atoms with E-state index < -0.39 is 0 Å². The SMILES string of the molecule is Cc1cccc(Nc2nnc(SCC(=O)N(C)[C@H](C)c3nc4ccccc4s3)s2)c1. The number of rotatable bonds is 7. The van der Waals surface area contributed by atoms with Crippen LogP contribution in [-0.4, -0.2) is 38.8 Å². The van der Waals surface area contributed by atoms with E-state index >= 15 is 0 Å². The molecule has 2 aromatic heterocycles. The van der Waals surface area contributed by atoms with Gasteiger partial charge in [-0.2, -0.15) is 0 Å². The van der Waals surface area contributed by atoms with Crippen LogP contribution in [0, 0.1) is 6.92 Å². The van der Waals surface area contributed by atoms with Gasteiger partial charge in [0.15, 0.2) is 4.34 Å². The van der Waals surface area contributed by atoms with Gasteiger partial charge in [-0.3, -0.25) is 4.79 Å². The van der Waals surface area contributed by atoms with Gasteiger partial charge in [-0.1, -0.05) is 47.4 Å². The second-order valence-corrected chi connectivity index (χ2v) is 10.1. The molecule has 30 heavy (non-hydrogen) atoms. The molecule has 1 N–H and O–H groups in total. The minimum atomic E-state index is -0.0801. The Hall–Kier alpha value is -2.49. The normalized spacial score (nSPS) is 12.1. The molecule has 0 aliphatic carbocycles. The fourth-order valence-corrected chi connectivity index (χ4v) is 5.60. The third kappa shape index (κ3) is 4.80. The van der Waals surface area contributed by atoms with Crippen molar-refractivity contribution in [3.63, 3.8) is 0 Å². The van der Waals surface area contributed by atoms with E-state index in [0.717, 1.165) is 25.3 Å². The molecule has 0 fully saturated rings. The van der Waals surface area contributed by atoms with Crippen LogP contribution in [0.1, 0.15) is 23.5 Å². The van der Waals surface area contributed by atoms with Crippen LogP contribution in [0.2, 0.25) is 0 Å². The Labute approximate surface area is 187 Å². The molecule has 0 radical (unpaired) electrons. The van der Waals surface area contributed by atoms with Gasteiger partial charge in [0.05, 0.1) is 22.0 Å².